The van der Waals surface area contributed by atoms with E-state index in [2.05, 4.69) is 14.6 Å². The van der Waals surface area contributed by atoms with Gasteiger partial charge in [-0.05, 0) is 56.3 Å². The van der Waals surface area contributed by atoms with Gasteiger partial charge in [0, 0.05) is 60.1 Å². The highest BCUT2D eigenvalue weighted by Gasteiger charge is 2.31. The number of carbonyl (C=O) groups excluding carboxylic acids is 1. The maximum atomic E-state index is 14.3. The number of para-hydroxylation sites is 1. The molecule has 1 aromatic heterocycles. The van der Waals surface area contributed by atoms with Gasteiger partial charge in [-0.25, -0.2) is 12.8 Å². The highest BCUT2D eigenvalue weighted by molar-refractivity contribution is 7.93. The minimum absolute atomic E-state index is 0.0671. The van der Waals surface area contributed by atoms with Crippen molar-refractivity contribution in [3.05, 3.63) is 102 Å². The molecule has 7 nitrogen and oxygen atoms in total. The number of carbonyl (C=O) groups is 1. The Morgan fingerprint density at radius 3 is 2.47 bits per heavy atom. The van der Waals surface area contributed by atoms with Gasteiger partial charge in [0.05, 0.1) is 5.52 Å². The van der Waals surface area contributed by atoms with Gasteiger partial charge in [-0.3, -0.25) is 19.4 Å². The lowest BCUT2D eigenvalue weighted by atomic mass is 10.0. The summed E-state index contributed by atoms with van der Waals surface area (Å²) in [4.78, 5) is 21.6. The van der Waals surface area contributed by atoms with Crippen LogP contribution in [0.25, 0.3) is 10.9 Å². The molecule has 4 aromatic rings. The molecule has 1 amide bonds. The van der Waals surface area contributed by atoms with Crippen LogP contribution in [0.3, 0.4) is 0 Å². The van der Waals surface area contributed by atoms with Crippen molar-refractivity contribution in [3.8, 4) is 0 Å². The number of amides is 1. The Bertz CT molecular complexity index is 1570. The molecule has 3 aromatic carbocycles. The van der Waals surface area contributed by atoms with E-state index in [-0.39, 0.29) is 28.7 Å². The van der Waals surface area contributed by atoms with Gasteiger partial charge in [0.15, 0.2) is 0 Å². The lowest BCUT2D eigenvalue weighted by Crippen LogP contribution is -2.54. The number of piperazine rings is 1. The van der Waals surface area contributed by atoms with Crippen LogP contribution in [0, 0.1) is 5.82 Å². The maximum absolute atomic E-state index is 14.3. The molecule has 1 N–H and O–H groups in total. The highest BCUT2D eigenvalue weighted by Crippen LogP contribution is 2.27. The van der Waals surface area contributed by atoms with Crippen LogP contribution in [-0.2, 0) is 10.0 Å². The Balaban J connectivity index is 1.26. The molecule has 1 aliphatic heterocycles. The van der Waals surface area contributed by atoms with Gasteiger partial charge in [-0.15, -0.1) is 0 Å². The summed E-state index contributed by atoms with van der Waals surface area (Å²) in [6.45, 7) is 5.73. The SMILES string of the molecule is CC(c1ccccc1F)N1CCN(C(=O)c2ccc(NS(=O)(=O)c3cccc4cccnc34)cc2)C(C)C1. The molecule has 2 atom stereocenters. The molecule has 38 heavy (non-hydrogen) atoms. The predicted molar refractivity (Wildman–Crippen MR) is 146 cm³/mol. The quantitative estimate of drug-likeness (QED) is 0.374. The molecule has 1 fully saturated rings. The van der Waals surface area contributed by atoms with E-state index < -0.39 is 10.0 Å². The van der Waals surface area contributed by atoms with Crippen LogP contribution >= 0.6 is 0 Å². The van der Waals surface area contributed by atoms with Gasteiger partial charge in [-0.1, -0.05) is 36.4 Å². The summed E-state index contributed by atoms with van der Waals surface area (Å²) in [6, 6.07) is 21.6. The Kier molecular flexibility index (Phi) is 7.14. The second kappa shape index (κ2) is 10.5. The fourth-order valence-electron chi connectivity index (χ4n) is 5.00. The van der Waals surface area contributed by atoms with Gasteiger partial charge in [0.1, 0.15) is 10.7 Å². The van der Waals surface area contributed by atoms with Crippen LogP contribution < -0.4 is 4.72 Å². The van der Waals surface area contributed by atoms with Crippen molar-refractivity contribution in [3.63, 3.8) is 0 Å². The van der Waals surface area contributed by atoms with Crippen molar-refractivity contribution < 1.29 is 17.6 Å². The van der Waals surface area contributed by atoms with Crippen LogP contribution in [-0.4, -0.2) is 54.8 Å². The molecule has 0 aliphatic carbocycles. The van der Waals surface area contributed by atoms with Crippen LogP contribution in [0.15, 0.2) is 90.0 Å². The molecule has 196 valence electrons. The van der Waals surface area contributed by atoms with Gasteiger partial charge >= 0.3 is 0 Å². The Hall–Kier alpha value is -3.82. The number of fused-ring (bicyclic) bond motifs is 1. The molecule has 1 aliphatic rings. The summed E-state index contributed by atoms with van der Waals surface area (Å²) in [7, 11) is -3.88. The zero-order chi connectivity index (χ0) is 26.9. The Morgan fingerprint density at radius 2 is 1.74 bits per heavy atom. The first-order valence-corrected chi connectivity index (χ1v) is 14.0. The lowest BCUT2D eigenvalue weighted by molar-refractivity contribution is 0.0402. The summed E-state index contributed by atoms with van der Waals surface area (Å²) >= 11 is 0. The molecule has 0 spiro atoms. The second-order valence-corrected chi connectivity index (χ2v) is 11.2. The standard InChI is InChI=1S/C29H29FN4O3S/c1-20-19-33(21(2)25-9-3-4-10-26(25)30)17-18-34(20)29(35)23-12-14-24(15-13-23)32-38(36,37)27-11-5-7-22-8-6-16-31-28(22)27/h3-16,20-21,32H,17-19H2,1-2H3. The van der Waals surface area contributed by atoms with E-state index >= 15 is 0 Å². The smallest absolute Gasteiger partial charge is 0.264 e. The van der Waals surface area contributed by atoms with Crippen molar-refractivity contribution in [1.29, 1.82) is 0 Å². The molecule has 0 bridgehead atoms. The van der Waals surface area contributed by atoms with E-state index in [0.717, 1.165) is 5.39 Å². The van der Waals surface area contributed by atoms with Crippen LogP contribution in [0.2, 0.25) is 0 Å². The number of hydrogen-bond acceptors (Lipinski definition) is 5. The number of rotatable bonds is 6. The second-order valence-electron chi connectivity index (χ2n) is 9.55. The van der Waals surface area contributed by atoms with E-state index in [0.29, 0.717) is 42.0 Å². The number of pyridine rings is 1. The van der Waals surface area contributed by atoms with Crippen LogP contribution in [0.1, 0.15) is 35.8 Å². The molecule has 0 saturated carbocycles. The van der Waals surface area contributed by atoms with Gasteiger partial charge in [-0.2, -0.15) is 0 Å². The molecular formula is C29H29FN4O3S. The van der Waals surface area contributed by atoms with E-state index in [1.54, 1.807) is 54.7 Å². The van der Waals surface area contributed by atoms with Crippen molar-refractivity contribution in [2.75, 3.05) is 24.4 Å². The third kappa shape index (κ3) is 5.12. The monoisotopic (exact) mass is 532 g/mol. The zero-order valence-electron chi connectivity index (χ0n) is 21.2. The topological polar surface area (TPSA) is 82.6 Å². The third-order valence-electron chi connectivity index (χ3n) is 7.09. The zero-order valence-corrected chi connectivity index (χ0v) is 22.0. The van der Waals surface area contributed by atoms with Crippen LogP contribution in [0.4, 0.5) is 10.1 Å². The molecule has 9 heteroatoms. The maximum Gasteiger partial charge on any atom is 0.264 e. The van der Waals surface area contributed by atoms with E-state index in [1.165, 1.54) is 12.1 Å². The number of nitrogens with one attached hydrogen (secondary N) is 1. The van der Waals surface area contributed by atoms with E-state index in [1.807, 2.05) is 36.9 Å². The first-order valence-electron chi connectivity index (χ1n) is 12.5. The number of anilines is 1. The minimum atomic E-state index is -3.88. The average molecular weight is 533 g/mol. The summed E-state index contributed by atoms with van der Waals surface area (Å²) in [5.41, 5.74) is 1.87. The van der Waals surface area contributed by atoms with Crippen LogP contribution in [0.5, 0.6) is 0 Å². The molecule has 1 saturated heterocycles. The fourth-order valence-corrected chi connectivity index (χ4v) is 6.24. The lowest BCUT2D eigenvalue weighted by Gasteiger charge is -2.42. The number of sulfonamides is 1. The van der Waals surface area contributed by atoms with Gasteiger partial charge in [0.25, 0.3) is 15.9 Å². The number of halogens is 1. The number of aromatic nitrogens is 1. The Labute approximate surface area is 222 Å². The minimum Gasteiger partial charge on any atom is -0.333 e. The number of nitrogens with zero attached hydrogens (tertiary/aromatic N) is 3. The van der Waals surface area contributed by atoms with Crippen molar-refractivity contribution in [2.24, 2.45) is 0 Å². The van der Waals surface area contributed by atoms with Crippen molar-refractivity contribution in [1.82, 2.24) is 14.8 Å². The predicted octanol–water partition coefficient (Wildman–Crippen LogP) is 5.08. The summed E-state index contributed by atoms with van der Waals surface area (Å²) < 4.78 is 43.0. The van der Waals surface area contributed by atoms with E-state index in [4.69, 9.17) is 0 Å². The van der Waals surface area contributed by atoms with Crippen molar-refractivity contribution in [2.45, 2.75) is 30.8 Å². The van der Waals surface area contributed by atoms with E-state index in [9.17, 15) is 17.6 Å². The fraction of sp³-hybridized carbons (Fsp3) is 0.241. The summed E-state index contributed by atoms with van der Waals surface area (Å²) in [5, 5.41) is 0.730. The largest absolute Gasteiger partial charge is 0.333 e. The molecule has 2 heterocycles. The van der Waals surface area contributed by atoms with Crippen molar-refractivity contribution >= 4 is 32.5 Å². The molecule has 5 rings (SSSR count). The molecule has 2 unspecified atom stereocenters. The average Bonchev–Trinajstić information content (AvgIpc) is 2.92. The summed E-state index contributed by atoms with van der Waals surface area (Å²) in [5.74, 6) is -0.345. The first-order chi connectivity index (χ1) is 18.2. The number of benzene rings is 3. The third-order valence-corrected chi connectivity index (χ3v) is 8.50. The normalized spacial score (nSPS) is 17.3. The molecule has 0 radical (unpaired) electrons. The number of hydrogen-bond donors (Lipinski definition) is 1. The molecular weight excluding hydrogens is 503 g/mol. The Morgan fingerprint density at radius 1 is 1.00 bits per heavy atom. The van der Waals surface area contributed by atoms with Gasteiger partial charge in [0.2, 0.25) is 0 Å². The van der Waals surface area contributed by atoms with Gasteiger partial charge < -0.3 is 4.90 Å². The summed E-state index contributed by atoms with van der Waals surface area (Å²) in [6.07, 6.45) is 1.56. The highest BCUT2D eigenvalue weighted by atomic mass is 32.2. The first kappa shape index (κ1) is 25.8.